The average Bonchev–Trinajstić information content (AvgIpc) is 2.80. The molecule has 0 aliphatic rings. The van der Waals surface area contributed by atoms with Crippen molar-refractivity contribution in [2.45, 2.75) is 51.1 Å². The molecule has 6 heteroatoms. The first-order valence-electron chi connectivity index (χ1n) is 6.82. The number of unbranched alkanes of at least 4 members (excludes halogenated alkanes) is 1. The average molecular weight is 287 g/mol. The topological polar surface area (TPSA) is 68.3 Å². The fourth-order valence-electron chi connectivity index (χ4n) is 1.97. The third-order valence-corrected chi connectivity index (χ3v) is 4.99. The summed E-state index contributed by atoms with van der Waals surface area (Å²) in [6, 6.07) is 1.69. The molecule has 0 fully saturated rings. The maximum atomic E-state index is 12.4. The van der Waals surface area contributed by atoms with Crippen molar-refractivity contribution >= 4 is 10.0 Å². The summed E-state index contributed by atoms with van der Waals surface area (Å²) in [5, 5.41) is 0. The Hall–Kier alpha value is -0.850. The van der Waals surface area contributed by atoms with Crippen molar-refractivity contribution in [1.82, 2.24) is 8.87 Å². The molecule has 0 bridgehead atoms. The van der Waals surface area contributed by atoms with Crippen LogP contribution in [0, 0.1) is 0 Å². The molecule has 1 aromatic heterocycles. The van der Waals surface area contributed by atoms with E-state index in [1.54, 1.807) is 19.3 Å². The maximum Gasteiger partial charge on any atom is 0.244 e. The third-order valence-electron chi connectivity index (χ3n) is 3.17. The van der Waals surface area contributed by atoms with E-state index in [1.165, 1.54) is 4.31 Å². The fourth-order valence-corrected chi connectivity index (χ4v) is 3.24. The molecule has 0 aromatic carbocycles. The normalized spacial score (nSPS) is 12.3. The summed E-state index contributed by atoms with van der Waals surface area (Å²) in [5.74, 6) is 0. The first-order chi connectivity index (χ1) is 8.97. The van der Waals surface area contributed by atoms with Gasteiger partial charge in [-0.15, -0.1) is 0 Å². The molecule has 0 spiro atoms. The van der Waals surface area contributed by atoms with Gasteiger partial charge in [-0.3, -0.25) is 0 Å². The number of nitrogens with zero attached hydrogens (tertiary/aromatic N) is 2. The Labute approximate surface area is 116 Å². The number of rotatable bonds is 8. The zero-order valence-electron chi connectivity index (χ0n) is 12.1. The third kappa shape index (κ3) is 3.81. The second-order valence-corrected chi connectivity index (χ2v) is 6.79. The smallest absolute Gasteiger partial charge is 0.244 e. The van der Waals surface area contributed by atoms with Gasteiger partial charge in [-0.1, -0.05) is 20.3 Å². The van der Waals surface area contributed by atoms with Gasteiger partial charge in [0.2, 0.25) is 10.0 Å². The van der Waals surface area contributed by atoms with E-state index in [0.29, 0.717) is 18.0 Å². The second kappa shape index (κ2) is 7.07. The number of hydrogen-bond donors (Lipinski definition) is 1. The van der Waals surface area contributed by atoms with Gasteiger partial charge in [0.05, 0.1) is 0 Å². The largest absolute Gasteiger partial charge is 0.349 e. The molecule has 0 amide bonds. The Balaban J connectivity index is 3.01. The van der Waals surface area contributed by atoms with Crippen molar-refractivity contribution in [2.75, 3.05) is 13.6 Å². The molecule has 0 unspecified atom stereocenters. The van der Waals surface area contributed by atoms with E-state index in [1.807, 2.05) is 11.5 Å². The van der Waals surface area contributed by atoms with Crippen LogP contribution in [0.4, 0.5) is 0 Å². The van der Waals surface area contributed by atoms with E-state index >= 15 is 0 Å². The Morgan fingerprint density at radius 2 is 2.00 bits per heavy atom. The predicted octanol–water partition coefficient (Wildman–Crippen LogP) is 1.78. The van der Waals surface area contributed by atoms with Crippen LogP contribution in [-0.4, -0.2) is 30.9 Å². The number of aromatic nitrogens is 1. The van der Waals surface area contributed by atoms with Crippen LogP contribution in [0.3, 0.4) is 0 Å². The molecule has 5 nitrogen and oxygen atoms in total. The van der Waals surface area contributed by atoms with Crippen LogP contribution in [0.15, 0.2) is 17.2 Å². The SMILES string of the molecule is CCCCN(C)S(=O)(=O)c1cc(CN)n(CCC)c1. The maximum absolute atomic E-state index is 12.4. The lowest BCUT2D eigenvalue weighted by Gasteiger charge is -2.15. The molecule has 0 aliphatic heterocycles. The minimum Gasteiger partial charge on any atom is -0.349 e. The van der Waals surface area contributed by atoms with Gasteiger partial charge in [0.1, 0.15) is 4.90 Å². The fraction of sp³-hybridized carbons (Fsp3) is 0.692. The van der Waals surface area contributed by atoms with Crippen molar-refractivity contribution in [3.63, 3.8) is 0 Å². The monoisotopic (exact) mass is 287 g/mol. The Morgan fingerprint density at radius 1 is 1.32 bits per heavy atom. The van der Waals surface area contributed by atoms with Crippen LogP contribution >= 0.6 is 0 Å². The summed E-state index contributed by atoms with van der Waals surface area (Å²) in [6.07, 6.45) is 4.50. The summed E-state index contributed by atoms with van der Waals surface area (Å²) in [6.45, 7) is 5.80. The molecule has 0 aliphatic carbocycles. The highest BCUT2D eigenvalue weighted by Gasteiger charge is 2.22. The van der Waals surface area contributed by atoms with Crippen LogP contribution in [0.25, 0.3) is 0 Å². The van der Waals surface area contributed by atoms with E-state index in [9.17, 15) is 8.42 Å². The van der Waals surface area contributed by atoms with E-state index in [4.69, 9.17) is 5.73 Å². The van der Waals surface area contributed by atoms with E-state index in [2.05, 4.69) is 6.92 Å². The molecule has 0 saturated heterocycles. The van der Waals surface area contributed by atoms with Crippen molar-refractivity contribution in [3.05, 3.63) is 18.0 Å². The first kappa shape index (κ1) is 16.2. The Morgan fingerprint density at radius 3 is 2.53 bits per heavy atom. The summed E-state index contributed by atoms with van der Waals surface area (Å²) < 4.78 is 28.1. The molecule has 0 saturated carbocycles. The minimum atomic E-state index is -3.38. The molecule has 110 valence electrons. The molecule has 2 N–H and O–H groups in total. The van der Waals surface area contributed by atoms with Gasteiger partial charge in [0.25, 0.3) is 0 Å². The summed E-state index contributed by atoms with van der Waals surface area (Å²) in [4.78, 5) is 0.347. The van der Waals surface area contributed by atoms with Crippen molar-refractivity contribution in [3.8, 4) is 0 Å². The van der Waals surface area contributed by atoms with E-state index in [-0.39, 0.29) is 0 Å². The molecule has 19 heavy (non-hydrogen) atoms. The van der Waals surface area contributed by atoms with Crippen molar-refractivity contribution in [2.24, 2.45) is 5.73 Å². The number of hydrogen-bond acceptors (Lipinski definition) is 3. The summed E-state index contributed by atoms with van der Waals surface area (Å²) in [7, 11) is -1.76. The van der Waals surface area contributed by atoms with Gasteiger partial charge in [-0.2, -0.15) is 0 Å². The number of nitrogens with two attached hydrogens (primary N) is 1. The Bertz CT molecular complexity index is 494. The van der Waals surface area contributed by atoms with Crippen LogP contribution in [-0.2, 0) is 23.1 Å². The standard InChI is InChI=1S/C13H25N3O2S/c1-4-6-8-15(3)19(17,18)13-9-12(10-14)16(11-13)7-5-2/h9,11H,4-8,10,14H2,1-3H3. The highest BCUT2D eigenvalue weighted by atomic mass is 32.2. The van der Waals surface area contributed by atoms with Gasteiger partial charge in [0.15, 0.2) is 0 Å². The van der Waals surface area contributed by atoms with E-state index in [0.717, 1.165) is 31.5 Å². The lowest BCUT2D eigenvalue weighted by molar-refractivity contribution is 0.459. The summed E-state index contributed by atoms with van der Waals surface area (Å²) >= 11 is 0. The van der Waals surface area contributed by atoms with Crippen LogP contribution in [0.2, 0.25) is 0 Å². The quantitative estimate of drug-likeness (QED) is 0.792. The van der Waals surface area contributed by atoms with Crippen molar-refractivity contribution < 1.29 is 8.42 Å². The second-order valence-electron chi connectivity index (χ2n) is 4.74. The molecule has 1 heterocycles. The van der Waals surface area contributed by atoms with Gasteiger partial charge in [-0.25, -0.2) is 12.7 Å². The molecule has 1 aromatic rings. The van der Waals surface area contributed by atoms with E-state index < -0.39 is 10.0 Å². The highest BCUT2D eigenvalue weighted by molar-refractivity contribution is 7.89. The zero-order chi connectivity index (χ0) is 14.5. The zero-order valence-corrected chi connectivity index (χ0v) is 12.9. The molecule has 0 atom stereocenters. The molecule has 1 rings (SSSR count). The Kier molecular flexibility index (Phi) is 6.03. The molecular formula is C13H25N3O2S. The van der Waals surface area contributed by atoms with Gasteiger partial charge in [0, 0.05) is 38.6 Å². The van der Waals surface area contributed by atoms with Crippen LogP contribution in [0.5, 0.6) is 0 Å². The molecular weight excluding hydrogens is 262 g/mol. The van der Waals surface area contributed by atoms with Crippen LogP contribution < -0.4 is 5.73 Å². The lowest BCUT2D eigenvalue weighted by atomic mass is 10.3. The molecule has 0 radical (unpaired) electrons. The predicted molar refractivity (Wildman–Crippen MR) is 77.3 cm³/mol. The summed E-state index contributed by atoms with van der Waals surface area (Å²) in [5.41, 5.74) is 6.53. The van der Waals surface area contributed by atoms with Crippen LogP contribution in [0.1, 0.15) is 38.8 Å². The van der Waals surface area contributed by atoms with Gasteiger partial charge in [-0.05, 0) is 18.9 Å². The van der Waals surface area contributed by atoms with Crippen molar-refractivity contribution in [1.29, 1.82) is 0 Å². The van der Waals surface area contributed by atoms with Gasteiger partial charge >= 0.3 is 0 Å². The van der Waals surface area contributed by atoms with Gasteiger partial charge < -0.3 is 10.3 Å². The highest BCUT2D eigenvalue weighted by Crippen LogP contribution is 2.19. The first-order valence-corrected chi connectivity index (χ1v) is 8.26. The lowest BCUT2D eigenvalue weighted by Crippen LogP contribution is -2.27. The number of aryl methyl sites for hydroxylation is 1. The minimum absolute atomic E-state index is 0.347. The number of sulfonamides is 1.